The number of aryl methyl sites for hydroxylation is 1. The number of fused-ring (bicyclic) bond motifs is 2. The van der Waals surface area contributed by atoms with Crippen molar-refractivity contribution in [3.63, 3.8) is 0 Å². The Hall–Kier alpha value is -3.98. The number of halogens is 1. The zero-order chi connectivity index (χ0) is 24.1. The van der Waals surface area contributed by atoms with E-state index in [-0.39, 0.29) is 18.6 Å². The lowest BCUT2D eigenvalue weighted by molar-refractivity contribution is 0.0966. The lowest BCUT2D eigenvalue weighted by Crippen LogP contribution is -2.35. The molecule has 0 bridgehead atoms. The van der Waals surface area contributed by atoms with Crippen LogP contribution in [0.3, 0.4) is 0 Å². The van der Waals surface area contributed by atoms with Crippen LogP contribution in [0.1, 0.15) is 28.8 Å². The van der Waals surface area contributed by atoms with Crippen LogP contribution >= 0.6 is 0 Å². The van der Waals surface area contributed by atoms with Crippen LogP contribution in [0.2, 0.25) is 0 Å². The van der Waals surface area contributed by atoms with E-state index in [1.54, 1.807) is 18.5 Å². The van der Waals surface area contributed by atoms with Gasteiger partial charge in [-0.05, 0) is 54.3 Å². The van der Waals surface area contributed by atoms with Crippen molar-refractivity contribution in [3.05, 3.63) is 65.9 Å². The molecule has 2 aliphatic rings. The Morgan fingerprint density at radius 1 is 1.14 bits per heavy atom. The van der Waals surface area contributed by atoms with Gasteiger partial charge in [-0.25, -0.2) is 14.4 Å². The average molecular weight is 473 g/mol. The number of rotatable bonds is 4. The molecule has 178 valence electrons. The fourth-order valence-electron chi connectivity index (χ4n) is 5.08. The minimum Gasteiger partial charge on any atom is -0.393 e. The van der Waals surface area contributed by atoms with Crippen molar-refractivity contribution in [1.29, 1.82) is 0 Å². The topological polar surface area (TPSA) is 95.3 Å². The van der Waals surface area contributed by atoms with Crippen LogP contribution in [0.5, 0.6) is 0 Å². The molecule has 1 aromatic carbocycles. The van der Waals surface area contributed by atoms with Gasteiger partial charge < -0.3 is 25.2 Å². The highest BCUT2D eigenvalue weighted by Gasteiger charge is 2.30. The number of carbonyl (C=O) groups is 1. The Bertz CT molecular complexity index is 1440. The summed E-state index contributed by atoms with van der Waals surface area (Å²) in [6.07, 6.45) is 6.54. The van der Waals surface area contributed by atoms with Gasteiger partial charge in [-0.2, -0.15) is 0 Å². The van der Waals surface area contributed by atoms with Gasteiger partial charge in [0.2, 0.25) is 0 Å². The van der Waals surface area contributed by atoms with Crippen molar-refractivity contribution in [1.82, 2.24) is 19.9 Å². The number of nitrogens with zero attached hydrogens (tertiary/aromatic N) is 4. The molecule has 0 radical (unpaired) electrons. The molecule has 3 N–H and O–H groups in total. The fourth-order valence-corrected chi connectivity index (χ4v) is 5.08. The predicted molar refractivity (Wildman–Crippen MR) is 132 cm³/mol. The summed E-state index contributed by atoms with van der Waals surface area (Å²) in [5, 5.41) is 16.5. The maximum Gasteiger partial charge on any atom is 0.254 e. The SMILES string of the molecule is Cn1ccc2c(-c3c(F)cc(Nc4ccc(N5CCC(O)CC5)cn4)c4c3CNC4=O)ccnc21. The zero-order valence-electron chi connectivity index (χ0n) is 19.3. The number of benzene rings is 1. The van der Waals surface area contributed by atoms with E-state index < -0.39 is 5.82 Å². The lowest BCUT2D eigenvalue weighted by Gasteiger charge is -2.31. The highest BCUT2D eigenvalue weighted by molar-refractivity contribution is 6.07. The van der Waals surface area contributed by atoms with Gasteiger partial charge in [0.1, 0.15) is 17.3 Å². The number of anilines is 3. The highest BCUT2D eigenvalue weighted by atomic mass is 19.1. The Morgan fingerprint density at radius 3 is 2.74 bits per heavy atom. The third kappa shape index (κ3) is 3.68. The van der Waals surface area contributed by atoms with Crippen molar-refractivity contribution in [2.24, 2.45) is 7.05 Å². The first-order chi connectivity index (χ1) is 17.0. The van der Waals surface area contributed by atoms with Crippen molar-refractivity contribution in [3.8, 4) is 11.1 Å². The molecule has 8 nitrogen and oxygen atoms in total. The average Bonchev–Trinajstić information content (AvgIpc) is 3.43. The van der Waals surface area contributed by atoms with Gasteiger partial charge in [-0.1, -0.05) is 0 Å². The van der Waals surface area contributed by atoms with E-state index in [4.69, 9.17) is 0 Å². The fraction of sp³-hybridized carbons (Fsp3) is 0.269. The normalized spacial score (nSPS) is 16.0. The molecule has 1 saturated heterocycles. The summed E-state index contributed by atoms with van der Waals surface area (Å²) in [6.45, 7) is 1.80. The second-order valence-corrected chi connectivity index (χ2v) is 9.08. The van der Waals surface area contributed by atoms with Gasteiger partial charge in [0.25, 0.3) is 5.91 Å². The molecule has 0 atom stereocenters. The Labute approximate surface area is 201 Å². The van der Waals surface area contributed by atoms with Crippen LogP contribution in [-0.4, -0.2) is 44.7 Å². The number of piperidine rings is 1. The predicted octanol–water partition coefficient (Wildman–Crippen LogP) is 3.72. The highest BCUT2D eigenvalue weighted by Crippen LogP contribution is 2.39. The van der Waals surface area contributed by atoms with Gasteiger partial charge >= 0.3 is 0 Å². The number of aliphatic hydroxyl groups is 1. The zero-order valence-corrected chi connectivity index (χ0v) is 19.3. The first-order valence-electron chi connectivity index (χ1n) is 11.7. The number of aromatic nitrogens is 3. The van der Waals surface area contributed by atoms with Gasteiger partial charge in [0.15, 0.2) is 0 Å². The second-order valence-electron chi connectivity index (χ2n) is 9.08. The van der Waals surface area contributed by atoms with Crippen LogP contribution in [0.4, 0.5) is 21.6 Å². The standard InChI is InChI=1S/C26H25FN6O2/c1-32-9-7-18-17(4-8-28-25(18)32)23-19-14-30-26(35)24(19)21(12-20(23)27)31-22-3-2-15(13-29-22)33-10-5-16(34)6-11-33/h2-4,7-9,12-13,16,34H,5-6,10-11,14H2,1H3,(H,29,31)(H,30,35). The quantitative estimate of drug-likeness (QED) is 0.419. The third-order valence-corrected chi connectivity index (χ3v) is 6.91. The monoisotopic (exact) mass is 472 g/mol. The van der Waals surface area contributed by atoms with Gasteiger partial charge in [0, 0.05) is 50.0 Å². The van der Waals surface area contributed by atoms with Crippen LogP contribution in [0, 0.1) is 5.82 Å². The Kier molecular flexibility index (Phi) is 5.14. The minimum atomic E-state index is -0.414. The molecule has 9 heteroatoms. The first kappa shape index (κ1) is 21.5. The lowest BCUT2D eigenvalue weighted by atomic mass is 9.94. The van der Waals surface area contributed by atoms with Crippen molar-refractivity contribution >= 4 is 34.1 Å². The molecule has 6 rings (SSSR count). The van der Waals surface area contributed by atoms with Gasteiger partial charge in [0.05, 0.1) is 29.2 Å². The number of pyridine rings is 2. The van der Waals surface area contributed by atoms with Gasteiger partial charge in [-0.15, -0.1) is 0 Å². The molecule has 4 aromatic rings. The summed E-state index contributed by atoms with van der Waals surface area (Å²) >= 11 is 0. The molecule has 0 spiro atoms. The number of aliphatic hydroxyl groups excluding tert-OH is 1. The molecule has 5 heterocycles. The van der Waals surface area contributed by atoms with Crippen LogP contribution in [0.25, 0.3) is 22.2 Å². The smallest absolute Gasteiger partial charge is 0.254 e. The minimum absolute atomic E-state index is 0.239. The molecule has 0 saturated carbocycles. The second kappa shape index (κ2) is 8.35. The first-order valence-corrected chi connectivity index (χ1v) is 11.7. The number of hydrogen-bond donors (Lipinski definition) is 3. The third-order valence-electron chi connectivity index (χ3n) is 6.91. The number of nitrogens with one attached hydrogen (secondary N) is 2. The maximum absolute atomic E-state index is 15.6. The number of carbonyl (C=O) groups excluding carboxylic acids is 1. The summed E-state index contributed by atoms with van der Waals surface area (Å²) in [5.74, 6) is -0.137. The van der Waals surface area contributed by atoms with E-state index in [2.05, 4.69) is 25.5 Å². The molecule has 1 amide bonds. The van der Waals surface area contributed by atoms with E-state index in [9.17, 15) is 9.90 Å². The van der Waals surface area contributed by atoms with E-state index in [1.165, 1.54) is 6.07 Å². The summed E-state index contributed by atoms with van der Waals surface area (Å²) in [4.78, 5) is 23.9. The van der Waals surface area contributed by atoms with E-state index in [0.29, 0.717) is 33.8 Å². The maximum atomic E-state index is 15.6. The largest absolute Gasteiger partial charge is 0.393 e. The number of amides is 1. The van der Waals surface area contributed by atoms with E-state index in [1.807, 2.05) is 36.0 Å². The Balaban J connectivity index is 1.36. The molecule has 2 aliphatic heterocycles. The molecular weight excluding hydrogens is 447 g/mol. The molecular formula is C26H25FN6O2. The van der Waals surface area contributed by atoms with Crippen molar-refractivity contribution in [2.75, 3.05) is 23.3 Å². The summed E-state index contributed by atoms with van der Waals surface area (Å²) in [7, 11) is 1.89. The molecule has 35 heavy (non-hydrogen) atoms. The Morgan fingerprint density at radius 2 is 1.97 bits per heavy atom. The van der Waals surface area contributed by atoms with E-state index in [0.717, 1.165) is 42.7 Å². The van der Waals surface area contributed by atoms with E-state index >= 15 is 4.39 Å². The number of hydrogen-bond acceptors (Lipinski definition) is 6. The summed E-state index contributed by atoms with van der Waals surface area (Å²) in [6, 6.07) is 8.84. The molecule has 3 aromatic heterocycles. The van der Waals surface area contributed by atoms with Gasteiger partial charge in [-0.3, -0.25) is 4.79 Å². The molecule has 0 aliphatic carbocycles. The molecule has 0 unspecified atom stereocenters. The van der Waals surface area contributed by atoms with Crippen LogP contribution < -0.4 is 15.5 Å². The summed E-state index contributed by atoms with van der Waals surface area (Å²) in [5.41, 5.74) is 4.28. The van der Waals surface area contributed by atoms with Crippen molar-refractivity contribution in [2.45, 2.75) is 25.5 Å². The molecule has 1 fully saturated rings. The van der Waals surface area contributed by atoms with Crippen LogP contribution in [-0.2, 0) is 13.6 Å². The van der Waals surface area contributed by atoms with Crippen molar-refractivity contribution < 1.29 is 14.3 Å². The summed E-state index contributed by atoms with van der Waals surface area (Å²) < 4.78 is 17.5. The van der Waals surface area contributed by atoms with Crippen LogP contribution in [0.15, 0.2) is 48.9 Å².